The number of rotatable bonds is 12. The Kier molecular flexibility index (Phi) is 10.7. The van der Waals surface area contributed by atoms with E-state index in [0.29, 0.717) is 12.2 Å². The largest absolute Gasteiger partial charge is 0.354 e. The van der Waals surface area contributed by atoms with Crippen molar-refractivity contribution in [1.29, 1.82) is 0 Å². The lowest BCUT2D eigenvalue weighted by molar-refractivity contribution is -0.139. The lowest BCUT2D eigenvalue weighted by atomic mass is 10.0. The minimum Gasteiger partial charge on any atom is -0.354 e. The molecule has 3 aromatic rings. The van der Waals surface area contributed by atoms with E-state index in [0.717, 1.165) is 15.4 Å². The number of halogens is 1. The molecule has 0 aliphatic carbocycles. The molecule has 7 nitrogen and oxygen atoms in total. The Balaban J connectivity index is 2.04. The third-order valence-corrected chi connectivity index (χ3v) is 8.67. The van der Waals surface area contributed by atoms with Crippen molar-refractivity contribution in [2.75, 3.05) is 17.4 Å². The number of amides is 2. The van der Waals surface area contributed by atoms with E-state index in [9.17, 15) is 22.4 Å². The number of nitrogens with one attached hydrogen (secondary N) is 1. The average Bonchev–Trinajstić information content (AvgIpc) is 2.93. The van der Waals surface area contributed by atoms with Gasteiger partial charge < -0.3 is 10.2 Å². The summed E-state index contributed by atoms with van der Waals surface area (Å²) in [6, 6.07) is 18.5. The zero-order chi connectivity index (χ0) is 30.3. The van der Waals surface area contributed by atoms with Gasteiger partial charge in [0, 0.05) is 18.7 Å². The number of anilines is 1. The highest BCUT2D eigenvalue weighted by atomic mass is 32.2. The number of carbonyl (C=O) groups is 2. The maximum atomic E-state index is 14.7. The molecule has 0 aliphatic heterocycles. The molecule has 0 aromatic heterocycles. The van der Waals surface area contributed by atoms with Gasteiger partial charge in [0.2, 0.25) is 11.8 Å². The summed E-state index contributed by atoms with van der Waals surface area (Å²) in [5.41, 5.74) is 2.44. The monoisotopic (exact) mass is 581 g/mol. The molecule has 2 amide bonds. The highest BCUT2D eigenvalue weighted by molar-refractivity contribution is 7.92. The van der Waals surface area contributed by atoms with E-state index in [4.69, 9.17) is 0 Å². The predicted octanol–water partition coefficient (Wildman–Crippen LogP) is 5.64. The number of carbonyl (C=O) groups excluding carboxylic acids is 2. The van der Waals surface area contributed by atoms with Crippen molar-refractivity contribution in [3.63, 3.8) is 0 Å². The van der Waals surface area contributed by atoms with Crippen molar-refractivity contribution < 1.29 is 22.4 Å². The molecule has 0 radical (unpaired) electrons. The summed E-state index contributed by atoms with van der Waals surface area (Å²) >= 11 is 0. The molecule has 1 atom stereocenters. The molecule has 9 heteroatoms. The van der Waals surface area contributed by atoms with Gasteiger partial charge in [-0.1, -0.05) is 75.7 Å². The molecule has 0 unspecified atom stereocenters. The Labute approximate surface area is 243 Å². The van der Waals surface area contributed by atoms with Crippen LogP contribution in [0.3, 0.4) is 0 Å². The van der Waals surface area contributed by atoms with E-state index in [-0.39, 0.29) is 28.8 Å². The minimum absolute atomic E-state index is 0.0345. The second-order valence-electron chi connectivity index (χ2n) is 11.0. The molecule has 3 aromatic carbocycles. The molecule has 0 bridgehead atoms. The summed E-state index contributed by atoms with van der Waals surface area (Å²) in [5, 5.41) is 2.82. The van der Waals surface area contributed by atoms with Gasteiger partial charge in [-0.3, -0.25) is 13.9 Å². The SMILES string of the molecule is Cc1ccc(S(=O)(=O)N(CC(=O)N(Cc2ccccc2F)[C@@H](C)C(=O)NCC(C)C)c2ccc(C(C)C)cc2)cc1. The topological polar surface area (TPSA) is 86.8 Å². The number of hydrogen-bond acceptors (Lipinski definition) is 4. The second-order valence-corrected chi connectivity index (χ2v) is 12.9. The fourth-order valence-electron chi connectivity index (χ4n) is 4.24. The lowest BCUT2D eigenvalue weighted by Crippen LogP contribution is -2.51. The molecule has 0 heterocycles. The molecular formula is C32H40FN3O4S. The van der Waals surface area contributed by atoms with E-state index in [1.165, 1.54) is 23.1 Å². The Morgan fingerprint density at radius 2 is 1.49 bits per heavy atom. The number of aryl methyl sites for hydroxylation is 1. The van der Waals surface area contributed by atoms with E-state index >= 15 is 0 Å². The van der Waals surface area contributed by atoms with Crippen molar-refractivity contribution in [3.8, 4) is 0 Å². The van der Waals surface area contributed by atoms with Crippen molar-refractivity contribution in [3.05, 3.63) is 95.3 Å². The summed E-state index contributed by atoms with van der Waals surface area (Å²) in [6.45, 7) is 11.0. The molecule has 0 spiro atoms. The summed E-state index contributed by atoms with van der Waals surface area (Å²) in [5.74, 6) is -1.14. The van der Waals surface area contributed by atoms with Crippen LogP contribution >= 0.6 is 0 Å². The first-order valence-corrected chi connectivity index (χ1v) is 15.2. The van der Waals surface area contributed by atoms with Crippen LogP contribution in [-0.2, 0) is 26.2 Å². The van der Waals surface area contributed by atoms with Gasteiger partial charge in [-0.05, 0) is 61.6 Å². The fraction of sp³-hybridized carbons (Fsp3) is 0.375. The molecule has 0 aliphatic rings. The second kappa shape index (κ2) is 13.8. The van der Waals surface area contributed by atoms with Crippen LogP contribution < -0.4 is 9.62 Å². The van der Waals surface area contributed by atoms with Gasteiger partial charge in [0.1, 0.15) is 18.4 Å². The quantitative estimate of drug-likeness (QED) is 0.300. The van der Waals surface area contributed by atoms with Crippen LogP contribution in [0.4, 0.5) is 10.1 Å². The predicted molar refractivity (Wildman–Crippen MR) is 161 cm³/mol. The van der Waals surface area contributed by atoms with E-state index in [1.54, 1.807) is 49.4 Å². The van der Waals surface area contributed by atoms with Crippen LogP contribution in [0.25, 0.3) is 0 Å². The van der Waals surface area contributed by atoms with Crippen molar-refractivity contribution in [2.24, 2.45) is 5.92 Å². The van der Waals surface area contributed by atoms with Gasteiger partial charge in [0.15, 0.2) is 0 Å². The zero-order valence-electron chi connectivity index (χ0n) is 24.6. The molecule has 0 fully saturated rings. The highest BCUT2D eigenvalue weighted by Gasteiger charge is 2.33. The molecule has 0 saturated heterocycles. The number of nitrogens with zero attached hydrogens (tertiary/aromatic N) is 2. The fourth-order valence-corrected chi connectivity index (χ4v) is 5.65. The van der Waals surface area contributed by atoms with Crippen LogP contribution in [0.1, 0.15) is 57.2 Å². The van der Waals surface area contributed by atoms with Gasteiger partial charge in [-0.2, -0.15) is 0 Å². The van der Waals surface area contributed by atoms with Crippen LogP contribution in [0, 0.1) is 18.7 Å². The molecule has 0 saturated carbocycles. The Morgan fingerprint density at radius 3 is 2.05 bits per heavy atom. The first-order chi connectivity index (χ1) is 19.3. The molecular weight excluding hydrogens is 541 g/mol. The Bertz CT molecular complexity index is 1440. The first kappa shape index (κ1) is 31.8. The smallest absolute Gasteiger partial charge is 0.264 e. The van der Waals surface area contributed by atoms with Gasteiger partial charge in [0.05, 0.1) is 10.6 Å². The van der Waals surface area contributed by atoms with E-state index in [2.05, 4.69) is 5.32 Å². The van der Waals surface area contributed by atoms with Crippen molar-refractivity contribution in [1.82, 2.24) is 10.2 Å². The maximum Gasteiger partial charge on any atom is 0.264 e. The summed E-state index contributed by atoms with van der Waals surface area (Å²) < 4.78 is 43.6. The normalized spacial score (nSPS) is 12.3. The molecule has 220 valence electrons. The first-order valence-electron chi connectivity index (χ1n) is 13.8. The minimum atomic E-state index is -4.17. The average molecular weight is 582 g/mol. The van der Waals surface area contributed by atoms with Gasteiger partial charge in [-0.15, -0.1) is 0 Å². The number of benzene rings is 3. The van der Waals surface area contributed by atoms with E-state index < -0.39 is 40.2 Å². The van der Waals surface area contributed by atoms with Gasteiger partial charge >= 0.3 is 0 Å². The Hall–Kier alpha value is -3.72. The standard InChI is InChI=1S/C32H40FN3O4S/c1-22(2)19-34-32(38)25(6)35(20-27-9-7-8-10-30(27)33)31(37)21-36(28-15-13-26(14-16-28)23(3)4)41(39,40)29-17-11-24(5)12-18-29/h7-18,22-23,25H,19-21H2,1-6H3,(H,34,38)/t25-/m0/s1. The van der Waals surface area contributed by atoms with E-state index in [1.807, 2.05) is 46.8 Å². The lowest BCUT2D eigenvalue weighted by Gasteiger charge is -2.32. The van der Waals surface area contributed by atoms with Crippen LogP contribution in [0.5, 0.6) is 0 Å². The summed E-state index contributed by atoms with van der Waals surface area (Å²) in [4.78, 5) is 28.3. The Morgan fingerprint density at radius 1 is 0.878 bits per heavy atom. The third kappa shape index (κ3) is 8.16. The van der Waals surface area contributed by atoms with Crippen LogP contribution in [0.2, 0.25) is 0 Å². The summed E-state index contributed by atoms with van der Waals surface area (Å²) in [7, 11) is -4.17. The summed E-state index contributed by atoms with van der Waals surface area (Å²) in [6.07, 6.45) is 0. The van der Waals surface area contributed by atoms with Crippen LogP contribution in [0.15, 0.2) is 77.7 Å². The number of hydrogen-bond donors (Lipinski definition) is 1. The maximum absolute atomic E-state index is 14.7. The van der Waals surface area contributed by atoms with Crippen molar-refractivity contribution >= 4 is 27.5 Å². The van der Waals surface area contributed by atoms with Gasteiger partial charge in [-0.25, -0.2) is 12.8 Å². The third-order valence-electron chi connectivity index (χ3n) is 6.89. The van der Waals surface area contributed by atoms with Gasteiger partial charge in [0.25, 0.3) is 10.0 Å². The molecule has 41 heavy (non-hydrogen) atoms. The molecule has 3 rings (SSSR count). The molecule has 1 N–H and O–H groups in total. The highest BCUT2D eigenvalue weighted by Crippen LogP contribution is 2.27. The number of sulfonamides is 1. The van der Waals surface area contributed by atoms with Crippen molar-refractivity contribution in [2.45, 2.75) is 64.9 Å². The van der Waals surface area contributed by atoms with Crippen LogP contribution in [-0.4, -0.2) is 44.3 Å². The zero-order valence-corrected chi connectivity index (χ0v) is 25.4.